The van der Waals surface area contributed by atoms with Crippen molar-refractivity contribution in [3.05, 3.63) is 72.0 Å². The molecule has 1 aliphatic rings. The van der Waals surface area contributed by atoms with Crippen LogP contribution in [0.2, 0.25) is 0 Å². The first kappa shape index (κ1) is 22.2. The Hall–Kier alpha value is -4.01. The fourth-order valence-corrected chi connectivity index (χ4v) is 3.07. The molecule has 0 spiro atoms. The number of para-hydroxylation sites is 1. The van der Waals surface area contributed by atoms with Crippen molar-refractivity contribution >= 4 is 23.5 Å². The number of amides is 2. The Labute approximate surface area is 189 Å². The summed E-state index contributed by atoms with van der Waals surface area (Å²) in [6.07, 6.45) is 3.57. The third kappa shape index (κ3) is 6.25. The molecule has 1 fully saturated rings. The van der Waals surface area contributed by atoms with Crippen LogP contribution in [0.1, 0.15) is 35.5 Å². The largest absolute Gasteiger partial charge is 0.456 e. The number of aryl methyl sites for hydroxylation is 1. The number of halogens is 1. The van der Waals surface area contributed by atoms with E-state index in [0.717, 1.165) is 12.8 Å². The molecular formula is C24H22FN3O5. The van der Waals surface area contributed by atoms with E-state index in [1.54, 1.807) is 36.4 Å². The zero-order valence-corrected chi connectivity index (χ0v) is 17.7. The number of nitrogens with one attached hydrogen (secondary N) is 2. The van der Waals surface area contributed by atoms with Crippen LogP contribution in [-0.4, -0.2) is 35.4 Å². The summed E-state index contributed by atoms with van der Waals surface area (Å²) in [6.45, 7) is -0.482. The summed E-state index contributed by atoms with van der Waals surface area (Å²) < 4.78 is 23.6. The fraction of sp³-hybridized carbons (Fsp3) is 0.250. The molecule has 1 saturated carbocycles. The first-order chi connectivity index (χ1) is 16.0. The molecule has 2 amide bonds. The number of hydrogen-bond donors (Lipinski definition) is 2. The Balaban J connectivity index is 1.23. The fourth-order valence-electron chi connectivity index (χ4n) is 3.07. The molecule has 0 unspecified atom stereocenters. The Morgan fingerprint density at radius 2 is 1.85 bits per heavy atom. The quantitative estimate of drug-likeness (QED) is 0.482. The average molecular weight is 451 g/mol. The molecule has 1 heterocycles. The SMILES string of the molecule is O=C(COC(=O)CCc1ncc(-c2ccc(F)cc2)o1)Nc1ccccc1C(=O)NC1CC1. The van der Waals surface area contributed by atoms with Crippen molar-refractivity contribution in [2.75, 3.05) is 11.9 Å². The average Bonchev–Trinajstić information content (AvgIpc) is 3.50. The van der Waals surface area contributed by atoms with Crippen LogP contribution < -0.4 is 10.6 Å². The van der Waals surface area contributed by atoms with Gasteiger partial charge in [0, 0.05) is 18.0 Å². The van der Waals surface area contributed by atoms with Gasteiger partial charge in [-0.3, -0.25) is 14.4 Å². The summed E-state index contributed by atoms with van der Waals surface area (Å²) >= 11 is 0. The monoisotopic (exact) mass is 451 g/mol. The minimum Gasteiger partial charge on any atom is -0.456 e. The Morgan fingerprint density at radius 1 is 1.09 bits per heavy atom. The number of carbonyl (C=O) groups excluding carboxylic acids is 3. The predicted molar refractivity (Wildman–Crippen MR) is 117 cm³/mol. The molecule has 0 aliphatic heterocycles. The number of nitrogens with zero attached hydrogens (tertiary/aromatic N) is 1. The van der Waals surface area contributed by atoms with Gasteiger partial charge < -0.3 is 19.8 Å². The van der Waals surface area contributed by atoms with Crippen molar-refractivity contribution in [1.82, 2.24) is 10.3 Å². The molecule has 1 aromatic heterocycles. The van der Waals surface area contributed by atoms with Gasteiger partial charge in [0.05, 0.1) is 23.9 Å². The highest BCUT2D eigenvalue weighted by atomic mass is 19.1. The zero-order valence-electron chi connectivity index (χ0n) is 17.7. The van der Waals surface area contributed by atoms with E-state index in [9.17, 15) is 18.8 Å². The molecule has 0 radical (unpaired) electrons. The number of carbonyl (C=O) groups is 3. The standard InChI is InChI=1S/C24H22FN3O5/c25-16-7-5-15(6-8-16)20-13-26-22(33-20)11-12-23(30)32-14-21(29)28-19-4-2-1-3-18(19)24(31)27-17-9-10-17/h1-8,13,17H,9-12,14H2,(H,27,31)(H,28,29). The van der Waals surface area contributed by atoms with E-state index < -0.39 is 18.5 Å². The Morgan fingerprint density at radius 3 is 2.61 bits per heavy atom. The van der Waals surface area contributed by atoms with Gasteiger partial charge in [-0.1, -0.05) is 12.1 Å². The van der Waals surface area contributed by atoms with E-state index in [2.05, 4.69) is 15.6 Å². The van der Waals surface area contributed by atoms with Crippen molar-refractivity contribution in [2.24, 2.45) is 0 Å². The van der Waals surface area contributed by atoms with E-state index >= 15 is 0 Å². The van der Waals surface area contributed by atoms with Gasteiger partial charge in [0.25, 0.3) is 11.8 Å². The van der Waals surface area contributed by atoms with Crippen molar-refractivity contribution in [3.63, 3.8) is 0 Å². The normalized spacial score (nSPS) is 12.8. The van der Waals surface area contributed by atoms with Crippen LogP contribution in [0, 0.1) is 5.82 Å². The lowest BCUT2D eigenvalue weighted by Crippen LogP contribution is -2.28. The summed E-state index contributed by atoms with van der Waals surface area (Å²) in [6, 6.07) is 12.6. The number of esters is 1. The van der Waals surface area contributed by atoms with Crippen molar-refractivity contribution in [2.45, 2.75) is 31.7 Å². The molecule has 170 valence electrons. The van der Waals surface area contributed by atoms with E-state index in [1.165, 1.54) is 18.3 Å². The van der Waals surface area contributed by atoms with Gasteiger partial charge in [-0.25, -0.2) is 9.37 Å². The third-order valence-corrected chi connectivity index (χ3v) is 4.95. The number of hydrogen-bond acceptors (Lipinski definition) is 6. The van der Waals surface area contributed by atoms with Gasteiger partial charge >= 0.3 is 5.97 Å². The Bertz CT molecular complexity index is 1150. The highest BCUT2D eigenvalue weighted by Gasteiger charge is 2.25. The molecule has 2 N–H and O–H groups in total. The molecule has 0 saturated heterocycles. The Kier molecular flexibility index (Phi) is 6.77. The molecule has 0 bridgehead atoms. The lowest BCUT2D eigenvalue weighted by molar-refractivity contribution is -0.147. The smallest absolute Gasteiger partial charge is 0.306 e. The second-order valence-electron chi connectivity index (χ2n) is 7.63. The molecule has 2 aromatic carbocycles. The van der Waals surface area contributed by atoms with Gasteiger partial charge in [-0.15, -0.1) is 0 Å². The minimum atomic E-state index is -0.591. The maximum Gasteiger partial charge on any atom is 0.306 e. The number of anilines is 1. The number of ether oxygens (including phenoxy) is 1. The maximum absolute atomic E-state index is 13.0. The zero-order chi connectivity index (χ0) is 23.2. The number of benzene rings is 2. The van der Waals surface area contributed by atoms with Gasteiger partial charge in [0.15, 0.2) is 18.3 Å². The number of aromatic nitrogens is 1. The molecule has 8 nitrogen and oxygen atoms in total. The second kappa shape index (κ2) is 10.1. The van der Waals surface area contributed by atoms with Crippen LogP contribution in [0.5, 0.6) is 0 Å². The molecular weight excluding hydrogens is 429 g/mol. The van der Waals surface area contributed by atoms with Crippen LogP contribution >= 0.6 is 0 Å². The van der Waals surface area contributed by atoms with Crippen molar-refractivity contribution in [1.29, 1.82) is 0 Å². The van der Waals surface area contributed by atoms with E-state index in [-0.39, 0.29) is 30.6 Å². The van der Waals surface area contributed by atoms with E-state index in [4.69, 9.17) is 9.15 Å². The molecule has 3 aromatic rings. The van der Waals surface area contributed by atoms with Crippen LogP contribution in [0.25, 0.3) is 11.3 Å². The predicted octanol–water partition coefficient (Wildman–Crippen LogP) is 3.49. The van der Waals surface area contributed by atoms with Crippen molar-refractivity contribution < 1.29 is 27.9 Å². The van der Waals surface area contributed by atoms with Crippen LogP contribution in [0.4, 0.5) is 10.1 Å². The first-order valence-electron chi connectivity index (χ1n) is 10.5. The van der Waals surface area contributed by atoms with Crippen LogP contribution in [0.3, 0.4) is 0 Å². The summed E-state index contributed by atoms with van der Waals surface area (Å²) in [7, 11) is 0. The number of rotatable bonds is 9. The molecule has 1 aliphatic carbocycles. The maximum atomic E-state index is 13.0. The molecule has 0 atom stereocenters. The molecule has 9 heteroatoms. The summed E-state index contributed by atoms with van der Waals surface area (Å²) in [5.41, 5.74) is 1.37. The summed E-state index contributed by atoms with van der Waals surface area (Å²) in [4.78, 5) is 40.6. The van der Waals surface area contributed by atoms with E-state index in [0.29, 0.717) is 28.5 Å². The molecule has 4 rings (SSSR count). The van der Waals surface area contributed by atoms with Crippen molar-refractivity contribution in [3.8, 4) is 11.3 Å². The molecule has 33 heavy (non-hydrogen) atoms. The highest BCUT2D eigenvalue weighted by Crippen LogP contribution is 2.22. The minimum absolute atomic E-state index is 0.0307. The van der Waals surface area contributed by atoms with Gasteiger partial charge in [-0.2, -0.15) is 0 Å². The second-order valence-corrected chi connectivity index (χ2v) is 7.63. The topological polar surface area (TPSA) is 111 Å². The first-order valence-corrected chi connectivity index (χ1v) is 10.5. The lowest BCUT2D eigenvalue weighted by atomic mass is 10.1. The van der Waals surface area contributed by atoms with Crippen LogP contribution in [-0.2, 0) is 20.7 Å². The van der Waals surface area contributed by atoms with Gasteiger partial charge in [0.2, 0.25) is 0 Å². The van der Waals surface area contributed by atoms with Crippen LogP contribution in [0.15, 0.2) is 59.1 Å². The lowest BCUT2D eigenvalue weighted by Gasteiger charge is -2.11. The van der Waals surface area contributed by atoms with Gasteiger partial charge in [0.1, 0.15) is 5.82 Å². The summed E-state index contributed by atoms with van der Waals surface area (Å²) in [5.74, 6) is -0.962. The third-order valence-electron chi connectivity index (χ3n) is 4.95. The summed E-state index contributed by atoms with van der Waals surface area (Å²) in [5, 5.41) is 5.48. The van der Waals surface area contributed by atoms with E-state index in [1.807, 2.05) is 0 Å². The van der Waals surface area contributed by atoms with Gasteiger partial charge in [-0.05, 0) is 49.2 Å². The number of oxazole rings is 1. The highest BCUT2D eigenvalue weighted by molar-refractivity contribution is 6.04.